The highest BCUT2D eigenvalue weighted by atomic mass is 16.2. The summed E-state index contributed by atoms with van der Waals surface area (Å²) in [5.41, 5.74) is 0. The third-order valence-corrected chi connectivity index (χ3v) is 3.42. The van der Waals surface area contributed by atoms with Crippen molar-refractivity contribution in [1.29, 1.82) is 0 Å². The van der Waals surface area contributed by atoms with Crippen LogP contribution >= 0.6 is 0 Å². The molecule has 2 unspecified atom stereocenters. The molecule has 0 aromatic carbocycles. The molecule has 0 radical (unpaired) electrons. The molecular weight excluding hydrogens is 214 g/mol. The molecule has 4 nitrogen and oxygen atoms in total. The maximum atomic E-state index is 12.1. The molecule has 0 saturated carbocycles. The molecular formula is C13H27N3O. The Kier molecular flexibility index (Phi) is 5.92. The monoisotopic (exact) mass is 241 g/mol. The van der Waals surface area contributed by atoms with Gasteiger partial charge in [0, 0.05) is 6.54 Å². The van der Waals surface area contributed by atoms with Crippen LogP contribution in [0.3, 0.4) is 0 Å². The van der Waals surface area contributed by atoms with E-state index in [9.17, 15) is 4.79 Å². The Balaban J connectivity index is 2.36. The number of rotatable bonds is 5. The molecule has 0 spiro atoms. The maximum Gasteiger partial charge on any atom is 0.237 e. The smallest absolute Gasteiger partial charge is 0.237 e. The van der Waals surface area contributed by atoms with Crippen molar-refractivity contribution in [3.05, 3.63) is 0 Å². The van der Waals surface area contributed by atoms with Crippen molar-refractivity contribution < 1.29 is 4.79 Å². The van der Waals surface area contributed by atoms with Crippen molar-refractivity contribution in [2.75, 3.05) is 33.7 Å². The van der Waals surface area contributed by atoms with Gasteiger partial charge in [-0.15, -0.1) is 0 Å². The van der Waals surface area contributed by atoms with Gasteiger partial charge in [-0.3, -0.25) is 9.69 Å². The maximum absolute atomic E-state index is 12.1. The van der Waals surface area contributed by atoms with Gasteiger partial charge in [-0.25, -0.2) is 0 Å². The van der Waals surface area contributed by atoms with Gasteiger partial charge in [0.2, 0.25) is 5.91 Å². The van der Waals surface area contributed by atoms with E-state index in [0.29, 0.717) is 11.8 Å². The van der Waals surface area contributed by atoms with Crippen molar-refractivity contribution >= 4 is 5.91 Å². The summed E-state index contributed by atoms with van der Waals surface area (Å²) >= 11 is 0. The third-order valence-electron chi connectivity index (χ3n) is 3.42. The summed E-state index contributed by atoms with van der Waals surface area (Å²) in [6.45, 7) is 7.15. The van der Waals surface area contributed by atoms with Gasteiger partial charge in [0.25, 0.3) is 0 Å². The van der Waals surface area contributed by atoms with Crippen molar-refractivity contribution in [3.63, 3.8) is 0 Å². The van der Waals surface area contributed by atoms with Gasteiger partial charge in [-0.2, -0.15) is 0 Å². The first kappa shape index (κ1) is 14.5. The minimum atomic E-state index is -0.0217. The zero-order valence-electron chi connectivity index (χ0n) is 11.6. The molecule has 2 atom stereocenters. The molecule has 1 fully saturated rings. The quantitative estimate of drug-likeness (QED) is 0.744. The third kappa shape index (κ3) is 4.64. The molecule has 0 aromatic rings. The Bertz CT molecular complexity index is 227. The van der Waals surface area contributed by atoms with Crippen LogP contribution < -0.4 is 10.6 Å². The summed E-state index contributed by atoms with van der Waals surface area (Å²) in [7, 11) is 3.93. The average Bonchev–Trinajstić information content (AvgIpc) is 2.27. The highest BCUT2D eigenvalue weighted by Gasteiger charge is 2.24. The number of hydrogen-bond donors (Lipinski definition) is 2. The van der Waals surface area contributed by atoms with Gasteiger partial charge >= 0.3 is 0 Å². The second-order valence-corrected chi connectivity index (χ2v) is 5.61. The Morgan fingerprint density at radius 1 is 1.47 bits per heavy atom. The van der Waals surface area contributed by atoms with Gasteiger partial charge in [0.15, 0.2) is 0 Å². The molecule has 2 N–H and O–H groups in total. The van der Waals surface area contributed by atoms with Crippen molar-refractivity contribution in [1.82, 2.24) is 15.5 Å². The molecule has 1 heterocycles. The first-order valence-electron chi connectivity index (χ1n) is 6.67. The fraction of sp³-hybridized carbons (Fsp3) is 0.923. The van der Waals surface area contributed by atoms with Gasteiger partial charge in [-0.1, -0.05) is 13.8 Å². The molecule has 1 amide bonds. The number of carbonyl (C=O) groups is 1. The van der Waals surface area contributed by atoms with E-state index in [1.807, 2.05) is 19.0 Å². The van der Waals surface area contributed by atoms with Crippen molar-refractivity contribution in [3.8, 4) is 0 Å². The molecule has 100 valence electrons. The number of carbonyl (C=O) groups excluding carboxylic acids is 1. The van der Waals surface area contributed by atoms with E-state index < -0.39 is 0 Å². The van der Waals surface area contributed by atoms with Gasteiger partial charge < -0.3 is 10.6 Å². The number of hydrogen-bond acceptors (Lipinski definition) is 3. The van der Waals surface area contributed by atoms with Gasteiger partial charge in [-0.05, 0) is 51.9 Å². The fourth-order valence-corrected chi connectivity index (χ4v) is 2.58. The second kappa shape index (κ2) is 6.97. The second-order valence-electron chi connectivity index (χ2n) is 5.61. The lowest BCUT2D eigenvalue weighted by atomic mass is 9.98. The molecule has 1 saturated heterocycles. The SMILES string of the molecule is CC(C)C(C(=O)NCC1CCCNC1)N(C)C. The Morgan fingerprint density at radius 3 is 2.65 bits per heavy atom. The summed E-state index contributed by atoms with van der Waals surface area (Å²) in [6, 6.07) is -0.0217. The van der Waals surface area contributed by atoms with Crippen molar-refractivity contribution in [2.45, 2.75) is 32.7 Å². The van der Waals surface area contributed by atoms with Gasteiger partial charge in [0.05, 0.1) is 6.04 Å². The summed E-state index contributed by atoms with van der Waals surface area (Å²) in [6.07, 6.45) is 2.45. The van der Waals surface area contributed by atoms with Crippen LogP contribution in [0, 0.1) is 11.8 Å². The lowest BCUT2D eigenvalue weighted by Gasteiger charge is -2.28. The van der Waals surface area contributed by atoms with Crippen LogP contribution in [0.1, 0.15) is 26.7 Å². The minimum Gasteiger partial charge on any atom is -0.354 e. The Labute approximate surface area is 105 Å². The van der Waals surface area contributed by atoms with Crippen LogP contribution in [0.2, 0.25) is 0 Å². The molecule has 0 aliphatic carbocycles. The van der Waals surface area contributed by atoms with E-state index in [2.05, 4.69) is 24.5 Å². The topological polar surface area (TPSA) is 44.4 Å². The highest BCUT2D eigenvalue weighted by Crippen LogP contribution is 2.10. The average molecular weight is 241 g/mol. The van der Waals surface area contributed by atoms with Crippen LogP contribution in [0.4, 0.5) is 0 Å². The minimum absolute atomic E-state index is 0.0217. The normalized spacial score (nSPS) is 22.8. The lowest BCUT2D eigenvalue weighted by Crippen LogP contribution is -2.48. The van der Waals surface area contributed by atoms with E-state index in [1.54, 1.807) is 0 Å². The van der Waals surface area contributed by atoms with Crippen LogP contribution in [0.15, 0.2) is 0 Å². The lowest BCUT2D eigenvalue weighted by molar-refractivity contribution is -0.127. The van der Waals surface area contributed by atoms with E-state index in [-0.39, 0.29) is 11.9 Å². The highest BCUT2D eigenvalue weighted by molar-refractivity contribution is 5.81. The molecule has 1 rings (SSSR count). The standard InChI is InChI=1S/C13H27N3O/c1-10(2)12(16(3)4)13(17)15-9-11-6-5-7-14-8-11/h10-12,14H,5-9H2,1-4H3,(H,15,17). The molecule has 4 heteroatoms. The molecule has 0 aromatic heterocycles. The summed E-state index contributed by atoms with van der Waals surface area (Å²) in [5, 5.41) is 6.47. The van der Waals surface area contributed by atoms with Crippen LogP contribution in [0.25, 0.3) is 0 Å². The van der Waals surface area contributed by atoms with Crippen molar-refractivity contribution in [2.24, 2.45) is 11.8 Å². The summed E-state index contributed by atoms with van der Waals surface area (Å²) in [5.74, 6) is 1.10. The Morgan fingerprint density at radius 2 is 2.18 bits per heavy atom. The first-order chi connectivity index (χ1) is 8.02. The van der Waals surface area contributed by atoms with E-state index >= 15 is 0 Å². The fourth-order valence-electron chi connectivity index (χ4n) is 2.58. The largest absolute Gasteiger partial charge is 0.354 e. The molecule has 0 bridgehead atoms. The molecule has 1 aliphatic rings. The number of likely N-dealkylation sites (N-methyl/N-ethyl adjacent to an activating group) is 1. The number of amides is 1. The number of nitrogens with one attached hydrogen (secondary N) is 2. The summed E-state index contributed by atoms with van der Waals surface area (Å²) in [4.78, 5) is 14.1. The number of piperidine rings is 1. The zero-order valence-corrected chi connectivity index (χ0v) is 11.6. The first-order valence-corrected chi connectivity index (χ1v) is 6.67. The molecule has 1 aliphatic heterocycles. The summed E-state index contributed by atoms with van der Waals surface area (Å²) < 4.78 is 0. The predicted molar refractivity (Wildman–Crippen MR) is 70.9 cm³/mol. The van der Waals surface area contributed by atoms with E-state index in [0.717, 1.165) is 19.6 Å². The van der Waals surface area contributed by atoms with Crippen LogP contribution in [-0.4, -0.2) is 50.6 Å². The predicted octanol–water partition coefficient (Wildman–Crippen LogP) is 0.688. The van der Waals surface area contributed by atoms with Crippen LogP contribution in [-0.2, 0) is 4.79 Å². The Hall–Kier alpha value is -0.610. The molecule has 17 heavy (non-hydrogen) atoms. The zero-order chi connectivity index (χ0) is 12.8. The van der Waals surface area contributed by atoms with E-state index in [1.165, 1.54) is 12.8 Å². The van der Waals surface area contributed by atoms with Crippen LogP contribution in [0.5, 0.6) is 0 Å². The van der Waals surface area contributed by atoms with E-state index in [4.69, 9.17) is 0 Å². The van der Waals surface area contributed by atoms with Gasteiger partial charge in [0.1, 0.15) is 0 Å². The number of nitrogens with zero attached hydrogens (tertiary/aromatic N) is 1.